The molecule has 0 saturated carbocycles. The van der Waals surface area contributed by atoms with E-state index in [9.17, 15) is 9.90 Å². The molecule has 0 spiro atoms. The smallest absolute Gasteiger partial charge is 0.336 e. The highest BCUT2D eigenvalue weighted by Gasteiger charge is 2.42. The lowest BCUT2D eigenvalue weighted by Gasteiger charge is -2.37. The molecule has 98 valence electrons. The van der Waals surface area contributed by atoms with E-state index >= 15 is 0 Å². The van der Waals surface area contributed by atoms with Crippen molar-refractivity contribution in [1.82, 2.24) is 4.90 Å². The molecule has 18 heavy (non-hydrogen) atoms. The third kappa shape index (κ3) is 2.89. The number of likely N-dealkylation sites (tertiary alicyclic amines) is 1. The van der Waals surface area contributed by atoms with Gasteiger partial charge in [0.05, 0.1) is 6.61 Å². The third-order valence-electron chi connectivity index (χ3n) is 3.54. The topological polar surface area (TPSA) is 49.8 Å². The van der Waals surface area contributed by atoms with Crippen LogP contribution in [0.1, 0.15) is 18.4 Å². The SMILES string of the molecule is CN1CCC(OCc2ccccc2)(C(=O)O)CC1. The van der Waals surface area contributed by atoms with E-state index in [1.165, 1.54) is 0 Å². The first-order valence-corrected chi connectivity index (χ1v) is 6.22. The fourth-order valence-corrected chi connectivity index (χ4v) is 2.20. The molecular weight excluding hydrogens is 230 g/mol. The second-order valence-corrected chi connectivity index (χ2v) is 4.88. The van der Waals surface area contributed by atoms with Crippen molar-refractivity contribution in [3.05, 3.63) is 35.9 Å². The number of hydrogen-bond acceptors (Lipinski definition) is 3. The predicted molar refractivity (Wildman–Crippen MR) is 68.3 cm³/mol. The molecule has 1 aliphatic rings. The molecule has 0 unspecified atom stereocenters. The van der Waals surface area contributed by atoms with Crippen molar-refractivity contribution in [3.8, 4) is 0 Å². The first kappa shape index (κ1) is 13.1. The Morgan fingerprint density at radius 1 is 1.33 bits per heavy atom. The molecule has 0 aliphatic carbocycles. The molecule has 0 radical (unpaired) electrons. The van der Waals surface area contributed by atoms with Gasteiger partial charge in [-0.15, -0.1) is 0 Å². The van der Waals surface area contributed by atoms with Crippen LogP contribution in [0.3, 0.4) is 0 Å². The Hall–Kier alpha value is -1.39. The second kappa shape index (κ2) is 5.50. The van der Waals surface area contributed by atoms with Crippen LogP contribution in [0.2, 0.25) is 0 Å². The molecular formula is C14H19NO3. The van der Waals surface area contributed by atoms with Crippen molar-refractivity contribution in [2.75, 3.05) is 20.1 Å². The lowest BCUT2D eigenvalue weighted by Crippen LogP contribution is -2.50. The highest BCUT2D eigenvalue weighted by Crippen LogP contribution is 2.27. The Bertz CT molecular complexity index is 397. The van der Waals surface area contributed by atoms with E-state index < -0.39 is 11.6 Å². The van der Waals surface area contributed by atoms with Gasteiger partial charge in [-0.1, -0.05) is 30.3 Å². The minimum Gasteiger partial charge on any atom is -0.479 e. The highest BCUT2D eigenvalue weighted by atomic mass is 16.5. The largest absolute Gasteiger partial charge is 0.479 e. The van der Waals surface area contributed by atoms with Gasteiger partial charge >= 0.3 is 5.97 Å². The number of carboxylic acid groups (broad SMARTS) is 1. The van der Waals surface area contributed by atoms with Gasteiger partial charge in [0, 0.05) is 13.1 Å². The van der Waals surface area contributed by atoms with Crippen molar-refractivity contribution >= 4 is 5.97 Å². The summed E-state index contributed by atoms with van der Waals surface area (Å²) in [6, 6.07) is 9.70. The maximum atomic E-state index is 11.5. The van der Waals surface area contributed by atoms with Gasteiger partial charge in [-0.3, -0.25) is 0 Å². The van der Waals surface area contributed by atoms with Gasteiger partial charge in [0.15, 0.2) is 5.60 Å². The molecule has 0 aromatic heterocycles. The van der Waals surface area contributed by atoms with E-state index in [1.807, 2.05) is 37.4 Å². The number of hydrogen-bond donors (Lipinski definition) is 1. The third-order valence-corrected chi connectivity index (χ3v) is 3.54. The van der Waals surface area contributed by atoms with Crippen molar-refractivity contribution in [1.29, 1.82) is 0 Å². The first-order chi connectivity index (χ1) is 8.62. The van der Waals surface area contributed by atoms with Gasteiger partial charge in [0.25, 0.3) is 0 Å². The van der Waals surface area contributed by atoms with Gasteiger partial charge in [0.2, 0.25) is 0 Å². The van der Waals surface area contributed by atoms with E-state index in [1.54, 1.807) is 0 Å². The van der Waals surface area contributed by atoms with Crippen LogP contribution >= 0.6 is 0 Å². The van der Waals surface area contributed by atoms with Gasteiger partial charge in [-0.25, -0.2) is 4.79 Å². The van der Waals surface area contributed by atoms with Crippen molar-refractivity contribution in [2.24, 2.45) is 0 Å². The van der Waals surface area contributed by atoms with Gasteiger partial charge in [-0.2, -0.15) is 0 Å². The summed E-state index contributed by atoms with van der Waals surface area (Å²) >= 11 is 0. The van der Waals surface area contributed by atoms with Crippen molar-refractivity contribution < 1.29 is 14.6 Å². The number of piperidine rings is 1. The molecule has 4 heteroatoms. The average Bonchev–Trinajstić information content (AvgIpc) is 2.39. The zero-order chi connectivity index (χ0) is 13.0. The van der Waals surface area contributed by atoms with E-state index in [0.29, 0.717) is 19.4 Å². The number of nitrogens with zero attached hydrogens (tertiary/aromatic N) is 1. The fourth-order valence-electron chi connectivity index (χ4n) is 2.20. The van der Waals surface area contributed by atoms with Crippen LogP contribution in [0.15, 0.2) is 30.3 Å². The molecule has 1 fully saturated rings. The summed E-state index contributed by atoms with van der Waals surface area (Å²) in [6.07, 6.45) is 1.09. The maximum Gasteiger partial charge on any atom is 0.336 e. The van der Waals surface area contributed by atoms with Gasteiger partial charge in [0.1, 0.15) is 0 Å². The zero-order valence-electron chi connectivity index (χ0n) is 10.6. The molecule has 1 N–H and O–H groups in total. The van der Waals surface area contributed by atoms with Crippen LogP contribution in [0.4, 0.5) is 0 Å². The summed E-state index contributed by atoms with van der Waals surface area (Å²) in [5.41, 5.74) is -0.000396. The molecule has 1 saturated heterocycles. The molecule has 1 aromatic carbocycles. The number of benzene rings is 1. The fraction of sp³-hybridized carbons (Fsp3) is 0.500. The number of aliphatic carboxylic acids is 1. The van der Waals surface area contributed by atoms with Gasteiger partial charge in [-0.05, 0) is 25.5 Å². The van der Waals surface area contributed by atoms with Crippen LogP contribution < -0.4 is 0 Å². The summed E-state index contributed by atoms with van der Waals surface area (Å²) < 4.78 is 5.74. The van der Waals surface area contributed by atoms with Crippen LogP contribution in [-0.2, 0) is 16.1 Å². The quantitative estimate of drug-likeness (QED) is 0.883. The Morgan fingerprint density at radius 2 is 1.94 bits per heavy atom. The molecule has 1 aromatic rings. The van der Waals surface area contributed by atoms with Crippen LogP contribution in [0, 0.1) is 0 Å². The van der Waals surface area contributed by atoms with Crippen LogP contribution in [0.25, 0.3) is 0 Å². The Kier molecular flexibility index (Phi) is 3.99. The monoisotopic (exact) mass is 249 g/mol. The summed E-state index contributed by atoms with van der Waals surface area (Å²) in [4.78, 5) is 13.6. The van der Waals surface area contributed by atoms with E-state index in [4.69, 9.17) is 4.74 Å². The molecule has 4 nitrogen and oxygen atoms in total. The summed E-state index contributed by atoms with van der Waals surface area (Å²) in [6.45, 7) is 1.89. The second-order valence-electron chi connectivity index (χ2n) is 4.88. The number of carboxylic acids is 1. The summed E-state index contributed by atoms with van der Waals surface area (Å²) in [5.74, 6) is -0.841. The zero-order valence-corrected chi connectivity index (χ0v) is 10.6. The van der Waals surface area contributed by atoms with Crippen LogP contribution in [-0.4, -0.2) is 41.7 Å². The Morgan fingerprint density at radius 3 is 2.50 bits per heavy atom. The Labute approximate surface area is 107 Å². The van der Waals surface area contributed by atoms with E-state index in [-0.39, 0.29) is 0 Å². The number of ether oxygens (including phenoxy) is 1. The molecule has 0 atom stereocenters. The maximum absolute atomic E-state index is 11.5. The number of carbonyl (C=O) groups is 1. The average molecular weight is 249 g/mol. The summed E-state index contributed by atoms with van der Waals surface area (Å²) in [7, 11) is 2.00. The van der Waals surface area contributed by atoms with E-state index in [0.717, 1.165) is 18.7 Å². The first-order valence-electron chi connectivity index (χ1n) is 6.22. The highest BCUT2D eigenvalue weighted by molar-refractivity contribution is 5.77. The van der Waals surface area contributed by atoms with Crippen LogP contribution in [0.5, 0.6) is 0 Å². The summed E-state index contributed by atoms with van der Waals surface area (Å²) in [5, 5.41) is 9.41. The predicted octanol–water partition coefficient (Wildman–Crippen LogP) is 1.75. The Balaban J connectivity index is 2.01. The molecule has 1 heterocycles. The normalized spacial score (nSPS) is 19.6. The number of rotatable bonds is 4. The minimum atomic E-state index is -1.01. The van der Waals surface area contributed by atoms with Crippen molar-refractivity contribution in [2.45, 2.75) is 25.0 Å². The molecule has 2 rings (SSSR count). The molecule has 0 amide bonds. The lowest BCUT2D eigenvalue weighted by molar-refractivity contribution is -0.174. The molecule has 0 bridgehead atoms. The lowest BCUT2D eigenvalue weighted by atomic mass is 9.91. The van der Waals surface area contributed by atoms with Gasteiger partial charge < -0.3 is 14.7 Å². The minimum absolute atomic E-state index is 0.358. The molecule has 1 aliphatic heterocycles. The standard InChI is InChI=1S/C14H19NO3/c1-15-9-7-14(8-10-15,13(16)17)18-11-12-5-3-2-4-6-12/h2-6H,7-11H2,1H3,(H,16,17). The van der Waals surface area contributed by atoms with Crippen molar-refractivity contribution in [3.63, 3.8) is 0 Å². The van der Waals surface area contributed by atoms with E-state index in [2.05, 4.69) is 4.90 Å².